The lowest BCUT2D eigenvalue weighted by Crippen LogP contribution is -2.28. The normalized spacial score (nSPS) is 16.4. The number of anilines is 2. The Morgan fingerprint density at radius 3 is 2.68 bits per heavy atom. The first-order chi connectivity index (χ1) is 13.6. The van der Waals surface area contributed by atoms with Gasteiger partial charge >= 0.3 is 0 Å². The molecule has 1 saturated heterocycles. The van der Waals surface area contributed by atoms with Crippen molar-refractivity contribution >= 4 is 35.0 Å². The molecule has 1 aliphatic rings. The van der Waals surface area contributed by atoms with Gasteiger partial charge in [-0.25, -0.2) is 9.97 Å². The predicted molar refractivity (Wildman–Crippen MR) is 109 cm³/mol. The number of carbonyl (C=O) groups is 2. The van der Waals surface area contributed by atoms with Gasteiger partial charge in [-0.2, -0.15) is 0 Å². The molecule has 1 fully saturated rings. The van der Waals surface area contributed by atoms with E-state index >= 15 is 0 Å². The van der Waals surface area contributed by atoms with Crippen LogP contribution in [-0.2, 0) is 9.59 Å². The molecule has 1 N–H and O–H groups in total. The Kier molecular flexibility index (Phi) is 5.12. The second-order valence-corrected chi connectivity index (χ2v) is 7.35. The van der Waals surface area contributed by atoms with E-state index in [9.17, 15) is 9.59 Å². The fourth-order valence-corrected chi connectivity index (χ4v) is 3.55. The van der Waals surface area contributed by atoms with Gasteiger partial charge in [0.05, 0.1) is 17.8 Å². The highest BCUT2D eigenvalue weighted by Crippen LogP contribution is 2.27. The van der Waals surface area contributed by atoms with Crippen molar-refractivity contribution in [1.82, 2.24) is 14.5 Å². The summed E-state index contributed by atoms with van der Waals surface area (Å²) in [5, 5.41) is 2.86. The number of amides is 2. The molecular weight excluding hydrogens is 374 g/mol. The van der Waals surface area contributed by atoms with Crippen LogP contribution in [0.15, 0.2) is 66.2 Å². The number of pyridine rings is 1. The standard InChI is InChI=1S/C20H19N5O2S/c1-28-17-5-3-16(4-6-17)25-12-14(10-19(25)26)20(27)23-15-2-7-18(22-11-15)24-9-8-21-13-24/h2-9,11,13-14H,10,12H2,1H3,(H,23,27). The molecule has 142 valence electrons. The van der Waals surface area contributed by atoms with Gasteiger partial charge < -0.3 is 10.2 Å². The summed E-state index contributed by atoms with van der Waals surface area (Å²) in [6.45, 7) is 0.379. The van der Waals surface area contributed by atoms with E-state index in [2.05, 4.69) is 15.3 Å². The van der Waals surface area contributed by atoms with Gasteiger partial charge in [0.15, 0.2) is 0 Å². The van der Waals surface area contributed by atoms with Crippen LogP contribution in [0.4, 0.5) is 11.4 Å². The summed E-state index contributed by atoms with van der Waals surface area (Å²) >= 11 is 1.65. The van der Waals surface area contributed by atoms with Crippen molar-refractivity contribution in [2.45, 2.75) is 11.3 Å². The highest BCUT2D eigenvalue weighted by molar-refractivity contribution is 7.98. The zero-order chi connectivity index (χ0) is 19.5. The van der Waals surface area contributed by atoms with Gasteiger partial charge in [0.25, 0.3) is 0 Å². The van der Waals surface area contributed by atoms with Crippen LogP contribution in [0.1, 0.15) is 6.42 Å². The summed E-state index contributed by atoms with van der Waals surface area (Å²) in [4.78, 5) is 36.1. The number of imidazole rings is 1. The molecule has 0 spiro atoms. The van der Waals surface area contributed by atoms with Crippen molar-refractivity contribution in [3.8, 4) is 5.82 Å². The molecule has 7 nitrogen and oxygen atoms in total. The van der Waals surface area contributed by atoms with Crippen LogP contribution >= 0.6 is 11.8 Å². The number of hydrogen-bond donors (Lipinski definition) is 1. The summed E-state index contributed by atoms with van der Waals surface area (Å²) in [6, 6.07) is 11.4. The Balaban J connectivity index is 1.40. The molecule has 1 unspecified atom stereocenters. The van der Waals surface area contributed by atoms with Crippen molar-refractivity contribution in [1.29, 1.82) is 0 Å². The summed E-state index contributed by atoms with van der Waals surface area (Å²) in [5.41, 5.74) is 1.42. The predicted octanol–water partition coefficient (Wildman–Crippen LogP) is 2.98. The molecule has 1 atom stereocenters. The zero-order valence-corrected chi connectivity index (χ0v) is 16.1. The maximum Gasteiger partial charge on any atom is 0.229 e. The van der Waals surface area contributed by atoms with Gasteiger partial charge in [-0.15, -0.1) is 11.8 Å². The second kappa shape index (κ2) is 7.85. The molecule has 28 heavy (non-hydrogen) atoms. The minimum Gasteiger partial charge on any atom is -0.324 e. The van der Waals surface area contributed by atoms with Gasteiger partial charge in [0, 0.05) is 35.9 Å². The second-order valence-electron chi connectivity index (χ2n) is 6.47. The van der Waals surface area contributed by atoms with E-state index in [4.69, 9.17) is 0 Å². The Labute approximate surface area is 166 Å². The lowest BCUT2D eigenvalue weighted by Gasteiger charge is -2.17. The van der Waals surface area contributed by atoms with Crippen molar-refractivity contribution < 1.29 is 9.59 Å². The topological polar surface area (TPSA) is 80.1 Å². The molecular formula is C20H19N5O2S. The summed E-state index contributed by atoms with van der Waals surface area (Å²) < 4.78 is 1.78. The first-order valence-corrected chi connectivity index (χ1v) is 10.1. The van der Waals surface area contributed by atoms with E-state index in [0.717, 1.165) is 10.6 Å². The number of nitrogens with zero attached hydrogens (tertiary/aromatic N) is 4. The molecule has 3 heterocycles. The molecule has 0 aliphatic carbocycles. The quantitative estimate of drug-likeness (QED) is 0.674. The number of hydrogen-bond acceptors (Lipinski definition) is 5. The number of rotatable bonds is 5. The number of thioether (sulfide) groups is 1. The molecule has 1 aromatic carbocycles. The third-order valence-corrected chi connectivity index (χ3v) is 5.41. The Morgan fingerprint density at radius 1 is 1.21 bits per heavy atom. The molecule has 8 heteroatoms. The lowest BCUT2D eigenvalue weighted by atomic mass is 10.1. The molecule has 1 aliphatic heterocycles. The van der Waals surface area contributed by atoms with Gasteiger partial charge in [-0.3, -0.25) is 14.2 Å². The highest BCUT2D eigenvalue weighted by Gasteiger charge is 2.35. The number of nitrogens with one attached hydrogen (secondary N) is 1. The fraction of sp³-hybridized carbons (Fsp3) is 0.200. The van der Waals surface area contributed by atoms with Gasteiger partial charge in [-0.1, -0.05) is 0 Å². The maximum absolute atomic E-state index is 12.6. The number of benzene rings is 1. The SMILES string of the molecule is CSc1ccc(N2CC(C(=O)Nc3ccc(-n4ccnc4)nc3)CC2=O)cc1. The molecule has 0 radical (unpaired) electrons. The van der Waals surface area contributed by atoms with Crippen molar-refractivity contribution in [2.75, 3.05) is 23.0 Å². The van der Waals surface area contributed by atoms with Crippen LogP contribution in [0.5, 0.6) is 0 Å². The third kappa shape index (κ3) is 3.77. The summed E-state index contributed by atoms with van der Waals surface area (Å²) in [7, 11) is 0. The smallest absolute Gasteiger partial charge is 0.229 e. The molecule has 0 bridgehead atoms. The third-order valence-electron chi connectivity index (χ3n) is 4.66. The number of carbonyl (C=O) groups excluding carboxylic acids is 2. The monoisotopic (exact) mass is 393 g/mol. The molecule has 0 saturated carbocycles. The fourth-order valence-electron chi connectivity index (χ4n) is 3.15. The average molecular weight is 393 g/mol. The van der Waals surface area contributed by atoms with Crippen LogP contribution in [0.25, 0.3) is 5.82 Å². The Morgan fingerprint density at radius 2 is 2.04 bits per heavy atom. The van der Waals surface area contributed by atoms with Crippen molar-refractivity contribution in [3.63, 3.8) is 0 Å². The van der Waals surface area contributed by atoms with Gasteiger partial charge in [0.2, 0.25) is 11.8 Å². The average Bonchev–Trinajstić information content (AvgIpc) is 3.39. The Hall–Kier alpha value is -3.13. The summed E-state index contributed by atoms with van der Waals surface area (Å²) in [5.74, 6) is 0.117. The van der Waals surface area contributed by atoms with E-state index in [1.54, 1.807) is 58.3 Å². The maximum atomic E-state index is 12.6. The van der Waals surface area contributed by atoms with Crippen LogP contribution in [0.3, 0.4) is 0 Å². The van der Waals surface area contributed by atoms with E-state index in [1.807, 2.05) is 30.5 Å². The number of aromatic nitrogens is 3. The van der Waals surface area contributed by atoms with Crippen LogP contribution in [0.2, 0.25) is 0 Å². The van der Waals surface area contributed by atoms with E-state index in [0.29, 0.717) is 18.1 Å². The van der Waals surface area contributed by atoms with Crippen LogP contribution in [0, 0.1) is 5.92 Å². The van der Waals surface area contributed by atoms with Gasteiger partial charge in [0.1, 0.15) is 12.1 Å². The van der Waals surface area contributed by atoms with Crippen LogP contribution in [-0.4, -0.2) is 39.1 Å². The van der Waals surface area contributed by atoms with Crippen molar-refractivity contribution in [3.05, 3.63) is 61.3 Å². The van der Waals surface area contributed by atoms with Gasteiger partial charge in [-0.05, 0) is 42.7 Å². The zero-order valence-electron chi connectivity index (χ0n) is 15.3. The van der Waals surface area contributed by atoms with E-state index in [1.165, 1.54) is 0 Å². The minimum absolute atomic E-state index is 0.0365. The molecule has 2 aromatic heterocycles. The van der Waals surface area contributed by atoms with Crippen molar-refractivity contribution in [2.24, 2.45) is 5.92 Å². The van der Waals surface area contributed by atoms with E-state index < -0.39 is 0 Å². The first kappa shape index (κ1) is 18.2. The Bertz CT molecular complexity index is 971. The molecule has 2 amide bonds. The minimum atomic E-state index is -0.388. The molecule has 4 rings (SSSR count). The van der Waals surface area contributed by atoms with Crippen LogP contribution < -0.4 is 10.2 Å². The molecule has 3 aromatic rings. The van der Waals surface area contributed by atoms with E-state index in [-0.39, 0.29) is 24.2 Å². The highest BCUT2D eigenvalue weighted by atomic mass is 32.2. The summed E-state index contributed by atoms with van der Waals surface area (Å²) in [6.07, 6.45) is 8.94. The lowest BCUT2D eigenvalue weighted by molar-refractivity contribution is -0.122. The largest absolute Gasteiger partial charge is 0.324 e. The first-order valence-electron chi connectivity index (χ1n) is 8.84.